The summed E-state index contributed by atoms with van der Waals surface area (Å²) in [4.78, 5) is 0. The van der Waals surface area contributed by atoms with Gasteiger partial charge in [0.1, 0.15) is 0 Å². The summed E-state index contributed by atoms with van der Waals surface area (Å²) in [6.07, 6.45) is 0. The molecule has 0 aliphatic heterocycles. The molecule has 3 heteroatoms. The zero-order valence-electron chi connectivity index (χ0n) is 17.6. The molecule has 1 nitrogen and oxygen atoms in total. The second-order valence-corrected chi connectivity index (χ2v) is 9.81. The minimum absolute atomic E-state index is 0.820. The molecule has 2 heterocycles. The topological polar surface area (TPSA) is 4.93 Å². The van der Waals surface area contributed by atoms with E-state index in [0.717, 1.165) is 9.72 Å². The Morgan fingerprint density at radius 1 is 0.545 bits per heavy atom. The van der Waals surface area contributed by atoms with Gasteiger partial charge in [-0.15, -0.1) is 11.3 Å². The van der Waals surface area contributed by atoms with Crippen LogP contribution in [0.3, 0.4) is 0 Å². The minimum Gasteiger partial charge on any atom is -0.309 e. The average molecular weight is 460 g/mol. The summed E-state index contributed by atoms with van der Waals surface area (Å²) in [5.74, 6) is 0. The van der Waals surface area contributed by atoms with Gasteiger partial charge < -0.3 is 4.57 Å². The molecule has 0 aliphatic carbocycles. The van der Waals surface area contributed by atoms with Crippen LogP contribution in [-0.4, -0.2) is 4.57 Å². The van der Waals surface area contributed by atoms with Crippen LogP contribution < -0.4 is 0 Å². The Hall–Kier alpha value is -3.59. The third kappa shape index (κ3) is 2.85. The molecule has 0 fully saturated rings. The Kier molecular flexibility index (Phi) is 4.14. The summed E-state index contributed by atoms with van der Waals surface area (Å²) in [6.45, 7) is 0. The molecule has 0 unspecified atom stereocenters. The van der Waals surface area contributed by atoms with Crippen molar-refractivity contribution in [2.75, 3.05) is 0 Å². The van der Waals surface area contributed by atoms with Crippen LogP contribution in [0.2, 0.25) is 5.02 Å². The summed E-state index contributed by atoms with van der Waals surface area (Å²) < 4.78 is 4.79. The first-order chi connectivity index (χ1) is 16.3. The lowest BCUT2D eigenvalue weighted by molar-refractivity contribution is 1.19. The summed E-state index contributed by atoms with van der Waals surface area (Å²) in [7, 11) is 0. The predicted octanol–water partition coefficient (Wildman–Crippen LogP) is 9.47. The highest BCUT2D eigenvalue weighted by atomic mass is 35.5. The molecule has 0 amide bonds. The van der Waals surface area contributed by atoms with Crippen molar-refractivity contribution >= 4 is 64.9 Å². The van der Waals surface area contributed by atoms with Crippen molar-refractivity contribution in [2.24, 2.45) is 0 Å². The largest absolute Gasteiger partial charge is 0.309 e. The molecule has 0 aliphatic rings. The third-order valence-electron chi connectivity index (χ3n) is 6.47. The first-order valence-electron chi connectivity index (χ1n) is 11.0. The molecule has 156 valence electrons. The molecule has 0 radical (unpaired) electrons. The highest BCUT2D eigenvalue weighted by Gasteiger charge is 2.15. The Morgan fingerprint density at radius 3 is 2.24 bits per heavy atom. The summed E-state index contributed by atoms with van der Waals surface area (Å²) in [6, 6.07) is 39.0. The van der Waals surface area contributed by atoms with Gasteiger partial charge in [-0.25, -0.2) is 0 Å². The third-order valence-corrected chi connectivity index (χ3v) is 8.10. The van der Waals surface area contributed by atoms with Crippen molar-refractivity contribution in [3.05, 3.63) is 114 Å². The van der Waals surface area contributed by atoms with Crippen molar-refractivity contribution in [1.82, 2.24) is 4.57 Å². The van der Waals surface area contributed by atoms with Gasteiger partial charge in [-0.1, -0.05) is 84.4 Å². The van der Waals surface area contributed by atoms with Crippen LogP contribution in [0.1, 0.15) is 0 Å². The zero-order chi connectivity index (χ0) is 21.9. The smallest absolute Gasteiger partial charge is 0.0584 e. The molecule has 0 spiro atoms. The van der Waals surface area contributed by atoms with Crippen LogP contribution in [0.5, 0.6) is 0 Å². The fourth-order valence-corrected chi connectivity index (χ4v) is 6.38. The Balaban J connectivity index is 1.51. The van der Waals surface area contributed by atoms with Gasteiger partial charge in [0.2, 0.25) is 0 Å². The monoisotopic (exact) mass is 459 g/mol. The van der Waals surface area contributed by atoms with Crippen LogP contribution >= 0.6 is 22.9 Å². The molecule has 0 atom stereocenters. The molecule has 5 aromatic carbocycles. The van der Waals surface area contributed by atoms with E-state index in [9.17, 15) is 0 Å². The highest BCUT2D eigenvalue weighted by Crippen LogP contribution is 2.40. The number of rotatable bonds is 2. The molecular formula is C30H18ClNS. The molecule has 0 saturated heterocycles. The van der Waals surface area contributed by atoms with E-state index in [2.05, 4.69) is 102 Å². The molecule has 2 aromatic heterocycles. The van der Waals surface area contributed by atoms with Gasteiger partial charge in [-0.05, 0) is 47.5 Å². The van der Waals surface area contributed by atoms with Gasteiger partial charge in [0, 0.05) is 31.9 Å². The SMILES string of the molecule is Clc1cccc2c1sc1cc(-n3c4ccccc4c4cc(-c5ccccc5)ccc43)ccc12. The van der Waals surface area contributed by atoms with E-state index in [1.54, 1.807) is 11.3 Å². The van der Waals surface area contributed by atoms with Crippen LogP contribution in [0.25, 0.3) is 58.8 Å². The Bertz CT molecular complexity index is 1830. The Labute approximate surface area is 200 Å². The number of benzene rings is 5. The summed E-state index contributed by atoms with van der Waals surface area (Å²) in [5.41, 5.74) is 6.08. The van der Waals surface area contributed by atoms with E-state index >= 15 is 0 Å². The standard InChI is InChI=1S/C30H18ClNS/c31-26-11-6-10-24-23-15-14-21(18-29(23)33-30(24)26)32-27-12-5-4-9-22(27)25-17-20(13-16-28(25)32)19-7-2-1-3-8-19/h1-18H. The van der Waals surface area contributed by atoms with Crippen molar-refractivity contribution < 1.29 is 0 Å². The maximum Gasteiger partial charge on any atom is 0.0584 e. The molecule has 0 N–H and O–H groups in total. The zero-order valence-corrected chi connectivity index (χ0v) is 19.2. The van der Waals surface area contributed by atoms with Crippen molar-refractivity contribution in [2.45, 2.75) is 0 Å². The van der Waals surface area contributed by atoms with E-state index in [4.69, 9.17) is 11.6 Å². The van der Waals surface area contributed by atoms with Crippen LogP contribution in [0.4, 0.5) is 0 Å². The number of hydrogen-bond acceptors (Lipinski definition) is 1. The second-order valence-electron chi connectivity index (χ2n) is 8.35. The first-order valence-corrected chi connectivity index (χ1v) is 12.2. The van der Waals surface area contributed by atoms with Crippen LogP contribution in [-0.2, 0) is 0 Å². The molecule has 7 aromatic rings. The molecule has 33 heavy (non-hydrogen) atoms. The van der Waals surface area contributed by atoms with Crippen LogP contribution in [0.15, 0.2) is 109 Å². The van der Waals surface area contributed by atoms with Crippen molar-refractivity contribution in [1.29, 1.82) is 0 Å². The van der Waals surface area contributed by atoms with Gasteiger partial charge in [0.15, 0.2) is 0 Å². The maximum atomic E-state index is 6.49. The highest BCUT2D eigenvalue weighted by molar-refractivity contribution is 7.26. The molecular weight excluding hydrogens is 442 g/mol. The number of aromatic nitrogens is 1. The summed E-state index contributed by atoms with van der Waals surface area (Å²) >= 11 is 8.26. The van der Waals surface area contributed by atoms with Gasteiger partial charge >= 0.3 is 0 Å². The number of hydrogen-bond donors (Lipinski definition) is 0. The molecule has 0 saturated carbocycles. The van der Waals surface area contributed by atoms with Crippen molar-refractivity contribution in [3.8, 4) is 16.8 Å². The van der Waals surface area contributed by atoms with E-state index in [-0.39, 0.29) is 0 Å². The average Bonchev–Trinajstić information content (AvgIpc) is 3.40. The molecule has 7 rings (SSSR count). The van der Waals surface area contributed by atoms with E-state index in [0.29, 0.717) is 0 Å². The van der Waals surface area contributed by atoms with Gasteiger partial charge in [-0.3, -0.25) is 0 Å². The summed E-state index contributed by atoms with van der Waals surface area (Å²) in [5, 5.41) is 5.84. The first kappa shape index (κ1) is 18.9. The van der Waals surface area contributed by atoms with Gasteiger partial charge in [0.25, 0.3) is 0 Å². The number of thiophene rings is 1. The lowest BCUT2D eigenvalue weighted by Crippen LogP contribution is -1.93. The number of halogens is 1. The fourth-order valence-electron chi connectivity index (χ4n) is 4.95. The molecule has 0 bridgehead atoms. The Morgan fingerprint density at radius 2 is 1.33 bits per heavy atom. The predicted molar refractivity (Wildman–Crippen MR) is 144 cm³/mol. The van der Waals surface area contributed by atoms with Crippen molar-refractivity contribution in [3.63, 3.8) is 0 Å². The quantitative estimate of drug-likeness (QED) is 0.242. The maximum absolute atomic E-state index is 6.49. The van der Waals surface area contributed by atoms with E-state index in [1.165, 1.54) is 54.1 Å². The lowest BCUT2D eigenvalue weighted by Gasteiger charge is -2.09. The fraction of sp³-hybridized carbons (Fsp3) is 0. The normalized spacial score (nSPS) is 11.8. The minimum atomic E-state index is 0.820. The van der Waals surface area contributed by atoms with Crippen LogP contribution in [0, 0.1) is 0 Å². The number of nitrogens with zero attached hydrogens (tertiary/aromatic N) is 1. The number of para-hydroxylation sites is 1. The lowest BCUT2D eigenvalue weighted by atomic mass is 10.0. The second kappa shape index (κ2) is 7.21. The van der Waals surface area contributed by atoms with Gasteiger partial charge in [0.05, 0.1) is 20.8 Å². The van der Waals surface area contributed by atoms with E-state index < -0.39 is 0 Å². The van der Waals surface area contributed by atoms with E-state index in [1.807, 2.05) is 12.1 Å². The van der Waals surface area contributed by atoms with Gasteiger partial charge in [-0.2, -0.15) is 0 Å². The number of fused-ring (bicyclic) bond motifs is 6.